The number of thiophene rings is 1. The Morgan fingerprint density at radius 3 is 2.62 bits per heavy atom. The zero-order valence-electron chi connectivity index (χ0n) is 20.1. The zero-order chi connectivity index (χ0) is 28.8. The summed E-state index contributed by atoms with van der Waals surface area (Å²) in [5.41, 5.74) is 3.06. The molecule has 39 heavy (non-hydrogen) atoms. The number of halogens is 4. The number of benzene rings is 2. The highest BCUT2D eigenvalue weighted by atomic mass is 35.5. The van der Waals surface area contributed by atoms with E-state index in [9.17, 15) is 31.2 Å². The van der Waals surface area contributed by atoms with E-state index in [1.165, 1.54) is 17.8 Å². The summed E-state index contributed by atoms with van der Waals surface area (Å²) in [6, 6.07) is 9.83. The first-order chi connectivity index (χ1) is 18.2. The number of anilines is 1. The van der Waals surface area contributed by atoms with Gasteiger partial charge in [-0.15, -0.1) is 11.3 Å². The number of carbonyl (C=O) groups excluding carboxylic acids is 2. The second-order valence-corrected chi connectivity index (χ2v) is 12.0. The third-order valence-corrected chi connectivity index (χ3v) is 8.40. The van der Waals surface area contributed by atoms with Crippen LogP contribution in [0.25, 0.3) is 0 Å². The molecule has 2 amide bonds. The second-order valence-electron chi connectivity index (χ2n) is 8.05. The van der Waals surface area contributed by atoms with Crippen LogP contribution in [0.2, 0.25) is 5.02 Å². The Morgan fingerprint density at radius 1 is 1.18 bits per heavy atom. The molecule has 0 saturated carbocycles. The van der Waals surface area contributed by atoms with Gasteiger partial charge in [0.25, 0.3) is 21.9 Å². The molecule has 0 radical (unpaired) electrons. The van der Waals surface area contributed by atoms with E-state index < -0.39 is 38.7 Å². The van der Waals surface area contributed by atoms with Gasteiger partial charge in [-0.05, 0) is 53.3 Å². The third-order valence-electron chi connectivity index (χ3n) is 5.05. The summed E-state index contributed by atoms with van der Waals surface area (Å²) in [6.45, 7) is 1.66. The highest BCUT2D eigenvalue weighted by molar-refractivity contribution is 7.99. The number of alkyl halides is 3. The maximum Gasteiger partial charge on any atom is 0.417 e. The van der Waals surface area contributed by atoms with Crippen molar-refractivity contribution in [2.45, 2.75) is 18.9 Å². The average Bonchev–Trinajstić information content (AvgIpc) is 3.21. The Hall–Kier alpha value is -2.91. The second kappa shape index (κ2) is 13.0. The molecule has 3 rings (SSSR count). The number of hydrogen-bond donors (Lipinski definition) is 3. The van der Waals surface area contributed by atoms with E-state index in [1.54, 1.807) is 36.6 Å². The van der Waals surface area contributed by atoms with Crippen molar-refractivity contribution in [3.8, 4) is 0 Å². The number of hydrogen-bond acceptors (Lipinski definition) is 7. The van der Waals surface area contributed by atoms with Crippen molar-refractivity contribution in [1.29, 1.82) is 0 Å². The van der Waals surface area contributed by atoms with Gasteiger partial charge < -0.3 is 5.32 Å². The lowest BCUT2D eigenvalue weighted by Crippen LogP contribution is -2.21. The molecule has 0 saturated heterocycles. The molecule has 2 aromatic carbocycles. The maximum absolute atomic E-state index is 13.1. The Bertz CT molecular complexity index is 1510. The minimum atomic E-state index is -4.65. The van der Waals surface area contributed by atoms with Crippen LogP contribution in [0.1, 0.15) is 43.0 Å². The fourth-order valence-electron chi connectivity index (χ4n) is 3.21. The van der Waals surface area contributed by atoms with Crippen LogP contribution in [-0.2, 0) is 22.0 Å². The Balaban J connectivity index is 1.66. The predicted molar refractivity (Wildman–Crippen MR) is 148 cm³/mol. The molecule has 208 valence electrons. The van der Waals surface area contributed by atoms with E-state index in [-0.39, 0.29) is 27.6 Å². The predicted octanol–water partition coefficient (Wildman–Crippen LogP) is 5.87. The summed E-state index contributed by atoms with van der Waals surface area (Å²) < 4.78 is 69.6. The summed E-state index contributed by atoms with van der Waals surface area (Å²) in [4.78, 5) is 25.6. The Kier molecular flexibility index (Phi) is 10.2. The smallest absolute Gasteiger partial charge is 0.313 e. The molecule has 0 atom stereocenters. The van der Waals surface area contributed by atoms with Crippen molar-refractivity contribution >= 4 is 67.8 Å². The van der Waals surface area contributed by atoms with Gasteiger partial charge in [0.05, 0.1) is 28.1 Å². The monoisotopic (exact) mass is 619 g/mol. The maximum atomic E-state index is 13.1. The van der Waals surface area contributed by atoms with Crippen LogP contribution in [0.3, 0.4) is 0 Å². The van der Waals surface area contributed by atoms with Crippen LogP contribution in [0.5, 0.6) is 0 Å². The summed E-state index contributed by atoms with van der Waals surface area (Å²) in [5, 5.41) is 7.88. The minimum Gasteiger partial charge on any atom is -0.313 e. The van der Waals surface area contributed by atoms with Gasteiger partial charge >= 0.3 is 6.18 Å². The normalized spacial score (nSPS) is 12.1. The number of thioether (sulfide) groups is 1. The molecular weight excluding hydrogens is 599 g/mol. The lowest BCUT2D eigenvalue weighted by molar-refractivity contribution is -0.137. The molecule has 1 heterocycles. The summed E-state index contributed by atoms with van der Waals surface area (Å²) >= 11 is 8.00. The number of amides is 2. The first-order valence-electron chi connectivity index (χ1n) is 11.0. The lowest BCUT2D eigenvalue weighted by Gasteiger charge is -2.09. The summed E-state index contributed by atoms with van der Waals surface area (Å²) in [5.74, 6) is -0.932. The third kappa shape index (κ3) is 9.07. The van der Waals surface area contributed by atoms with Gasteiger partial charge in [-0.1, -0.05) is 29.8 Å². The van der Waals surface area contributed by atoms with E-state index in [1.807, 2.05) is 0 Å². The molecule has 3 N–H and O–H groups in total. The molecule has 0 fully saturated rings. The van der Waals surface area contributed by atoms with Crippen molar-refractivity contribution in [3.05, 3.63) is 86.2 Å². The fourth-order valence-corrected chi connectivity index (χ4v) is 6.25. The van der Waals surface area contributed by atoms with Crippen molar-refractivity contribution in [2.24, 2.45) is 5.10 Å². The molecule has 0 aliphatic heterocycles. The largest absolute Gasteiger partial charge is 0.417 e. The van der Waals surface area contributed by atoms with Crippen LogP contribution >= 0.6 is 34.7 Å². The quantitative estimate of drug-likeness (QED) is 0.113. The fraction of sp³-hybridized carbons (Fsp3) is 0.208. The molecule has 0 bridgehead atoms. The first kappa shape index (κ1) is 30.6. The van der Waals surface area contributed by atoms with Gasteiger partial charge in [-0.2, -0.15) is 38.5 Å². The Labute approximate surface area is 235 Å². The molecule has 0 unspecified atom stereocenters. The molecule has 0 aliphatic rings. The van der Waals surface area contributed by atoms with Crippen molar-refractivity contribution < 1.29 is 35.7 Å². The van der Waals surface area contributed by atoms with Crippen LogP contribution in [0.15, 0.2) is 52.9 Å². The van der Waals surface area contributed by atoms with Crippen molar-refractivity contribution in [3.63, 3.8) is 0 Å². The van der Waals surface area contributed by atoms with E-state index in [0.29, 0.717) is 16.9 Å². The number of rotatable bonds is 10. The molecule has 0 spiro atoms. The van der Waals surface area contributed by atoms with Gasteiger partial charge in [0.1, 0.15) is 5.00 Å². The van der Waals surface area contributed by atoms with Crippen LogP contribution < -0.4 is 10.7 Å². The Morgan fingerprint density at radius 2 is 1.92 bits per heavy atom. The number of hydrazone groups is 1. The standard InChI is InChI=1S/C24H21ClF3N3O5S3/c1-14-12-38-23(30-21(32)17-4-2-3-16(9-17)13-37-7-8-39(34,35)36)20(14)22(33)31-29-11-15-5-6-19(25)18(10-15)24(26,27)28/h2-6,9-12H,7-8,13H2,1H3,(H,30,32)(H,31,33)(H,34,35,36)/b29-11+. The molecule has 1 aromatic heterocycles. The molecule has 3 aromatic rings. The number of nitrogens with zero attached hydrogens (tertiary/aromatic N) is 1. The molecular formula is C24H21ClF3N3O5S3. The number of aryl methyl sites for hydroxylation is 1. The van der Waals surface area contributed by atoms with Crippen molar-refractivity contribution in [1.82, 2.24) is 5.43 Å². The minimum absolute atomic E-state index is 0.0682. The SMILES string of the molecule is Cc1csc(NC(=O)c2cccc(CSCCS(=O)(=O)O)c2)c1C(=O)N/N=C/c1ccc(Cl)c(C(F)(F)F)c1. The van der Waals surface area contributed by atoms with Crippen LogP contribution in [-0.4, -0.2) is 42.5 Å². The van der Waals surface area contributed by atoms with Crippen LogP contribution in [0, 0.1) is 6.92 Å². The van der Waals surface area contributed by atoms with Gasteiger partial charge in [-0.25, -0.2) is 5.43 Å². The van der Waals surface area contributed by atoms with Gasteiger partial charge in [0, 0.05) is 17.1 Å². The molecule has 8 nitrogen and oxygen atoms in total. The van der Waals surface area contributed by atoms with E-state index in [2.05, 4.69) is 15.8 Å². The highest BCUT2D eigenvalue weighted by Crippen LogP contribution is 2.35. The number of nitrogens with one attached hydrogen (secondary N) is 2. The average molecular weight is 620 g/mol. The van der Waals surface area contributed by atoms with Gasteiger partial charge in [0.15, 0.2) is 0 Å². The van der Waals surface area contributed by atoms with Crippen molar-refractivity contribution in [2.75, 3.05) is 16.8 Å². The summed E-state index contributed by atoms with van der Waals surface area (Å²) in [7, 11) is -4.04. The zero-order valence-corrected chi connectivity index (χ0v) is 23.3. The first-order valence-corrected chi connectivity index (χ1v) is 15.0. The lowest BCUT2D eigenvalue weighted by atomic mass is 10.1. The highest BCUT2D eigenvalue weighted by Gasteiger charge is 2.33. The molecule has 0 aliphatic carbocycles. The van der Waals surface area contributed by atoms with Crippen LogP contribution in [0.4, 0.5) is 18.2 Å². The summed E-state index contributed by atoms with van der Waals surface area (Å²) in [6.07, 6.45) is -3.60. The molecule has 15 heteroatoms. The number of carbonyl (C=O) groups is 2. The van der Waals surface area contributed by atoms with Gasteiger partial charge in [-0.3, -0.25) is 14.1 Å². The van der Waals surface area contributed by atoms with E-state index in [0.717, 1.165) is 35.2 Å². The topological polar surface area (TPSA) is 125 Å². The van der Waals surface area contributed by atoms with E-state index >= 15 is 0 Å². The van der Waals surface area contributed by atoms with E-state index in [4.69, 9.17) is 16.2 Å². The van der Waals surface area contributed by atoms with Gasteiger partial charge in [0.2, 0.25) is 0 Å².